The van der Waals surface area contributed by atoms with Crippen molar-refractivity contribution in [3.63, 3.8) is 0 Å². The molecule has 1 aliphatic heterocycles. The van der Waals surface area contributed by atoms with Gasteiger partial charge in [-0.2, -0.15) is 0 Å². The molecule has 5 N–H and O–H groups in total. The summed E-state index contributed by atoms with van der Waals surface area (Å²) in [5.74, 6) is 0.458. The number of anilines is 2. The Morgan fingerprint density at radius 3 is 2.63 bits per heavy atom. The molecular weight excluding hydrogens is 417 g/mol. The Kier molecular flexibility index (Phi) is 5.80. The number of fused-ring (bicyclic) bond motifs is 1. The molecule has 0 amide bonds. The van der Waals surface area contributed by atoms with E-state index in [2.05, 4.69) is 20.3 Å². The van der Waals surface area contributed by atoms with Gasteiger partial charge in [-0.25, -0.2) is 15.0 Å². The zero-order chi connectivity index (χ0) is 21.3. The van der Waals surface area contributed by atoms with Crippen LogP contribution in [0.3, 0.4) is 0 Å². The van der Waals surface area contributed by atoms with Gasteiger partial charge < -0.3 is 34.8 Å². The predicted octanol–water partition coefficient (Wildman–Crippen LogP) is 0.341. The van der Waals surface area contributed by atoms with E-state index in [0.29, 0.717) is 17.0 Å². The smallest absolute Gasteiger partial charge is 0.350 e. The highest BCUT2D eigenvalue weighted by Crippen LogP contribution is 2.36. The fourth-order valence-corrected chi connectivity index (χ4v) is 3.52. The molecule has 0 aliphatic carbocycles. The number of rotatable bonds is 7. The summed E-state index contributed by atoms with van der Waals surface area (Å²) >= 11 is 0. The van der Waals surface area contributed by atoms with Gasteiger partial charge in [-0.1, -0.05) is 18.2 Å². The minimum Gasteiger partial charge on any atom is -0.387 e. The molecule has 3 aromatic rings. The summed E-state index contributed by atoms with van der Waals surface area (Å²) in [7, 11) is -4.35. The van der Waals surface area contributed by atoms with Gasteiger partial charge in [0, 0.05) is 5.69 Å². The molecule has 1 aromatic carbocycles. The molecule has 160 valence electrons. The lowest BCUT2D eigenvalue weighted by atomic mass is 10.1. The normalized spacial score (nSPS) is 24.4. The van der Waals surface area contributed by atoms with Crippen LogP contribution in [-0.4, -0.2) is 70.8 Å². The third-order valence-electron chi connectivity index (χ3n) is 4.55. The molecule has 2 aromatic heterocycles. The second kappa shape index (κ2) is 8.36. The third kappa shape index (κ3) is 4.35. The molecule has 1 fully saturated rings. The minimum absolute atomic E-state index is 0.303. The Balaban J connectivity index is 1.54. The first kappa shape index (κ1) is 20.8. The first-order valence-electron chi connectivity index (χ1n) is 8.97. The van der Waals surface area contributed by atoms with Gasteiger partial charge in [0.25, 0.3) is 0 Å². The Labute approximate surface area is 170 Å². The van der Waals surface area contributed by atoms with Crippen LogP contribution < -0.4 is 5.32 Å². The fourth-order valence-electron chi connectivity index (χ4n) is 3.17. The standard InChI is InChI=1S/C17H20N5O7P/c23-13-11(6-28-9-30(25,26)27)29-17(14(13)24)22-8-20-12-15(18-7-19-16(12)22)21-10-4-2-1-3-5-10/h1-5,7-8,11,13-14,17,23-24H,6,9H2,(H,18,19,21)(H2,25,26,27)/t11-,13-,14-,17-/m1/s1. The molecular formula is C17H20N5O7P. The summed E-state index contributed by atoms with van der Waals surface area (Å²) < 4.78 is 23.0. The maximum absolute atomic E-state index is 10.9. The lowest BCUT2D eigenvalue weighted by Gasteiger charge is -2.16. The molecule has 0 unspecified atom stereocenters. The van der Waals surface area contributed by atoms with E-state index in [1.807, 2.05) is 30.3 Å². The lowest BCUT2D eigenvalue weighted by molar-refractivity contribution is -0.0612. The molecule has 0 bridgehead atoms. The molecule has 4 atom stereocenters. The minimum atomic E-state index is -4.35. The van der Waals surface area contributed by atoms with Crippen LogP contribution >= 0.6 is 7.60 Å². The van der Waals surface area contributed by atoms with Crippen molar-refractivity contribution in [2.24, 2.45) is 0 Å². The highest BCUT2D eigenvalue weighted by Gasteiger charge is 2.44. The molecule has 0 saturated carbocycles. The Hall–Kier alpha value is -2.44. The van der Waals surface area contributed by atoms with Crippen LogP contribution in [0.15, 0.2) is 43.0 Å². The van der Waals surface area contributed by atoms with E-state index in [4.69, 9.17) is 19.3 Å². The maximum Gasteiger partial charge on any atom is 0.350 e. The van der Waals surface area contributed by atoms with Crippen molar-refractivity contribution in [3.8, 4) is 0 Å². The summed E-state index contributed by atoms with van der Waals surface area (Å²) in [6, 6.07) is 9.37. The highest BCUT2D eigenvalue weighted by molar-refractivity contribution is 7.51. The van der Waals surface area contributed by atoms with Crippen molar-refractivity contribution in [1.29, 1.82) is 0 Å². The fraction of sp³-hybridized carbons (Fsp3) is 0.353. The molecule has 1 aliphatic rings. The van der Waals surface area contributed by atoms with Crippen molar-refractivity contribution in [3.05, 3.63) is 43.0 Å². The molecule has 13 heteroatoms. The van der Waals surface area contributed by atoms with Crippen molar-refractivity contribution < 1.29 is 34.0 Å². The average Bonchev–Trinajstić information content (AvgIpc) is 3.25. The number of aromatic nitrogens is 4. The van der Waals surface area contributed by atoms with E-state index in [1.54, 1.807) is 0 Å². The first-order valence-corrected chi connectivity index (χ1v) is 10.8. The van der Waals surface area contributed by atoms with E-state index < -0.39 is 38.5 Å². The van der Waals surface area contributed by atoms with Gasteiger partial charge >= 0.3 is 7.60 Å². The van der Waals surface area contributed by atoms with Gasteiger partial charge in [0.2, 0.25) is 0 Å². The number of benzene rings is 1. The van der Waals surface area contributed by atoms with E-state index >= 15 is 0 Å². The van der Waals surface area contributed by atoms with Gasteiger partial charge in [-0.05, 0) is 12.1 Å². The number of nitrogens with one attached hydrogen (secondary N) is 1. The summed E-state index contributed by atoms with van der Waals surface area (Å²) in [6.07, 6.45) is -2.72. The Bertz CT molecular complexity index is 1060. The molecule has 30 heavy (non-hydrogen) atoms. The topological polar surface area (TPSA) is 172 Å². The third-order valence-corrected chi connectivity index (χ3v) is 5.07. The van der Waals surface area contributed by atoms with Crippen LogP contribution in [0.5, 0.6) is 0 Å². The van der Waals surface area contributed by atoms with Crippen LogP contribution in [-0.2, 0) is 14.0 Å². The quantitative estimate of drug-likeness (QED) is 0.323. The van der Waals surface area contributed by atoms with Crippen LogP contribution in [0.4, 0.5) is 11.5 Å². The van der Waals surface area contributed by atoms with E-state index in [-0.39, 0.29) is 6.61 Å². The lowest BCUT2D eigenvalue weighted by Crippen LogP contribution is -2.33. The molecule has 3 heterocycles. The second-order valence-electron chi connectivity index (χ2n) is 6.75. The molecule has 4 rings (SSSR count). The molecule has 12 nitrogen and oxygen atoms in total. The van der Waals surface area contributed by atoms with Gasteiger partial charge in [0.15, 0.2) is 23.2 Å². The first-order chi connectivity index (χ1) is 14.3. The van der Waals surface area contributed by atoms with Crippen LogP contribution in [0, 0.1) is 0 Å². The number of nitrogens with zero attached hydrogens (tertiary/aromatic N) is 4. The SMILES string of the molecule is O=P(O)(O)COC[C@H]1O[C@@H](n2cnc3c(Nc4ccccc4)ncnc32)[C@H](O)[C@@H]1O. The Morgan fingerprint density at radius 2 is 1.90 bits per heavy atom. The number of imidazole rings is 1. The van der Waals surface area contributed by atoms with Crippen LogP contribution in [0.25, 0.3) is 11.2 Å². The van der Waals surface area contributed by atoms with E-state index in [1.165, 1.54) is 17.2 Å². The summed E-state index contributed by atoms with van der Waals surface area (Å²) in [6.45, 7) is -0.303. The number of aliphatic hydroxyl groups is 2. The van der Waals surface area contributed by atoms with Gasteiger partial charge in [0.05, 0.1) is 12.9 Å². The number of hydrogen-bond donors (Lipinski definition) is 5. The number of para-hydroxylation sites is 1. The average molecular weight is 437 g/mol. The number of hydrogen-bond acceptors (Lipinski definition) is 9. The van der Waals surface area contributed by atoms with Gasteiger partial charge in [-0.15, -0.1) is 0 Å². The monoisotopic (exact) mass is 437 g/mol. The maximum atomic E-state index is 10.9. The predicted molar refractivity (Wildman–Crippen MR) is 104 cm³/mol. The number of aliphatic hydroxyl groups excluding tert-OH is 2. The summed E-state index contributed by atoms with van der Waals surface area (Å²) in [5, 5.41) is 23.8. The largest absolute Gasteiger partial charge is 0.387 e. The van der Waals surface area contributed by atoms with Gasteiger partial charge in [0.1, 0.15) is 31.0 Å². The van der Waals surface area contributed by atoms with Crippen molar-refractivity contribution in [1.82, 2.24) is 19.5 Å². The molecule has 0 radical (unpaired) electrons. The highest BCUT2D eigenvalue weighted by atomic mass is 31.2. The zero-order valence-corrected chi connectivity index (χ0v) is 16.4. The van der Waals surface area contributed by atoms with Gasteiger partial charge in [-0.3, -0.25) is 9.13 Å². The number of ether oxygens (including phenoxy) is 2. The van der Waals surface area contributed by atoms with E-state index in [0.717, 1.165) is 5.69 Å². The van der Waals surface area contributed by atoms with Crippen molar-refractivity contribution in [2.75, 3.05) is 18.3 Å². The van der Waals surface area contributed by atoms with E-state index in [9.17, 15) is 14.8 Å². The molecule has 0 spiro atoms. The molecule has 1 saturated heterocycles. The Morgan fingerprint density at radius 1 is 1.13 bits per heavy atom. The second-order valence-corrected chi connectivity index (χ2v) is 8.34. The van der Waals surface area contributed by atoms with Crippen molar-refractivity contribution >= 4 is 30.3 Å². The summed E-state index contributed by atoms with van der Waals surface area (Å²) in [4.78, 5) is 30.5. The van der Waals surface area contributed by atoms with Crippen LogP contribution in [0.1, 0.15) is 6.23 Å². The van der Waals surface area contributed by atoms with Crippen LogP contribution in [0.2, 0.25) is 0 Å². The summed E-state index contributed by atoms with van der Waals surface area (Å²) in [5.41, 5.74) is 1.62. The zero-order valence-electron chi connectivity index (χ0n) is 15.5. The van der Waals surface area contributed by atoms with Crippen molar-refractivity contribution in [2.45, 2.75) is 24.5 Å².